The smallest absolute Gasteiger partial charge is 0.244 e. The molecule has 10 heteroatoms. The van der Waals surface area contributed by atoms with Crippen molar-refractivity contribution in [1.82, 2.24) is 10.2 Å². The second kappa shape index (κ2) is 12.3. The summed E-state index contributed by atoms with van der Waals surface area (Å²) in [4.78, 5) is 27.5. The number of hydrogen-bond acceptors (Lipinski definition) is 4. The topological polar surface area (TPSA) is 86.8 Å². The summed E-state index contributed by atoms with van der Waals surface area (Å²) in [5, 5.41) is 3.52. The summed E-state index contributed by atoms with van der Waals surface area (Å²) in [6, 6.07) is 12.4. The molecule has 33 heavy (non-hydrogen) atoms. The molecule has 0 unspecified atom stereocenters. The third-order valence-corrected chi connectivity index (χ3v) is 6.96. The van der Waals surface area contributed by atoms with Crippen molar-refractivity contribution in [2.45, 2.75) is 39.3 Å². The van der Waals surface area contributed by atoms with Crippen LogP contribution in [0.2, 0.25) is 10.0 Å². The number of nitrogens with zero attached hydrogens (tertiary/aromatic N) is 2. The molecule has 2 rings (SSSR count). The van der Waals surface area contributed by atoms with Crippen molar-refractivity contribution in [3.63, 3.8) is 0 Å². The SMILES string of the molecule is CCCCNC(=O)[C@H](C)N(Cc1c(Cl)cccc1Cl)C(=O)CN(c1ccccc1)S(C)(=O)=O. The van der Waals surface area contributed by atoms with Crippen molar-refractivity contribution in [2.75, 3.05) is 23.7 Å². The van der Waals surface area contributed by atoms with Crippen LogP contribution >= 0.6 is 23.2 Å². The highest BCUT2D eigenvalue weighted by Crippen LogP contribution is 2.27. The van der Waals surface area contributed by atoms with Crippen LogP contribution in [0.25, 0.3) is 0 Å². The average molecular weight is 514 g/mol. The Morgan fingerprint density at radius 2 is 1.64 bits per heavy atom. The standard InChI is InChI=1S/C23H29Cl2N3O4S/c1-4-5-14-26-23(30)17(2)27(15-19-20(24)12-9-13-21(19)25)22(29)16-28(33(3,31)32)18-10-7-6-8-11-18/h6-13,17H,4-5,14-16H2,1-3H3,(H,26,30)/t17-/m0/s1. The molecule has 7 nitrogen and oxygen atoms in total. The lowest BCUT2D eigenvalue weighted by atomic mass is 10.1. The molecule has 1 atom stereocenters. The molecule has 0 aliphatic carbocycles. The lowest BCUT2D eigenvalue weighted by Crippen LogP contribution is -2.51. The number of benzene rings is 2. The Morgan fingerprint density at radius 1 is 1.03 bits per heavy atom. The van der Waals surface area contributed by atoms with Crippen LogP contribution in [0.4, 0.5) is 5.69 Å². The highest BCUT2D eigenvalue weighted by atomic mass is 35.5. The number of amides is 2. The van der Waals surface area contributed by atoms with E-state index in [1.165, 1.54) is 4.90 Å². The molecular formula is C23H29Cl2N3O4S. The van der Waals surface area contributed by atoms with Crippen LogP contribution < -0.4 is 9.62 Å². The Labute approximate surface area is 205 Å². The van der Waals surface area contributed by atoms with Gasteiger partial charge in [-0.2, -0.15) is 0 Å². The van der Waals surface area contributed by atoms with Gasteiger partial charge in [0.25, 0.3) is 0 Å². The van der Waals surface area contributed by atoms with Crippen molar-refractivity contribution in [3.8, 4) is 0 Å². The number of carbonyl (C=O) groups excluding carboxylic acids is 2. The van der Waals surface area contributed by atoms with Crippen LogP contribution in [0.1, 0.15) is 32.3 Å². The van der Waals surface area contributed by atoms with Gasteiger partial charge in [0.15, 0.2) is 0 Å². The number of anilines is 1. The molecule has 1 N–H and O–H groups in total. The number of carbonyl (C=O) groups is 2. The summed E-state index contributed by atoms with van der Waals surface area (Å²) in [6.45, 7) is 3.56. The number of unbranched alkanes of at least 4 members (excludes halogenated alkanes) is 1. The van der Waals surface area contributed by atoms with Crippen LogP contribution in [0.5, 0.6) is 0 Å². The normalized spacial score (nSPS) is 12.2. The molecule has 0 saturated carbocycles. The van der Waals surface area contributed by atoms with Gasteiger partial charge in [-0.05, 0) is 37.6 Å². The second-order valence-electron chi connectivity index (χ2n) is 7.65. The van der Waals surface area contributed by atoms with Gasteiger partial charge in [0.1, 0.15) is 12.6 Å². The monoisotopic (exact) mass is 513 g/mol. The fraction of sp³-hybridized carbons (Fsp3) is 0.391. The zero-order valence-corrected chi connectivity index (χ0v) is 21.3. The van der Waals surface area contributed by atoms with E-state index in [9.17, 15) is 18.0 Å². The van der Waals surface area contributed by atoms with Gasteiger partial charge in [-0.25, -0.2) is 8.42 Å². The van der Waals surface area contributed by atoms with E-state index >= 15 is 0 Å². The van der Waals surface area contributed by atoms with Gasteiger partial charge in [-0.3, -0.25) is 13.9 Å². The molecule has 2 amide bonds. The van der Waals surface area contributed by atoms with Gasteiger partial charge in [-0.1, -0.05) is 60.8 Å². The summed E-state index contributed by atoms with van der Waals surface area (Å²) >= 11 is 12.6. The molecule has 0 aliphatic rings. The van der Waals surface area contributed by atoms with Crippen LogP contribution in [0.15, 0.2) is 48.5 Å². The van der Waals surface area contributed by atoms with E-state index in [0.29, 0.717) is 27.8 Å². The van der Waals surface area contributed by atoms with Crippen molar-refractivity contribution >= 4 is 50.7 Å². The Kier molecular flexibility index (Phi) is 10.0. The number of nitrogens with one attached hydrogen (secondary N) is 1. The van der Waals surface area contributed by atoms with Crippen molar-refractivity contribution in [2.24, 2.45) is 0 Å². The van der Waals surface area contributed by atoms with E-state index in [2.05, 4.69) is 5.32 Å². The minimum atomic E-state index is -3.77. The third kappa shape index (κ3) is 7.62. The predicted molar refractivity (Wildman–Crippen MR) is 133 cm³/mol. The first-order chi connectivity index (χ1) is 15.6. The van der Waals surface area contributed by atoms with E-state index in [0.717, 1.165) is 23.4 Å². The first kappa shape index (κ1) is 27.0. The van der Waals surface area contributed by atoms with E-state index in [4.69, 9.17) is 23.2 Å². The molecule has 0 radical (unpaired) electrons. The van der Waals surface area contributed by atoms with E-state index in [1.54, 1.807) is 55.5 Å². The molecule has 0 aromatic heterocycles. The van der Waals surface area contributed by atoms with Crippen molar-refractivity contribution < 1.29 is 18.0 Å². The maximum Gasteiger partial charge on any atom is 0.244 e. The van der Waals surface area contributed by atoms with Gasteiger partial charge in [0.05, 0.1) is 11.9 Å². The molecule has 2 aromatic rings. The van der Waals surface area contributed by atoms with Gasteiger partial charge in [0, 0.05) is 28.7 Å². The zero-order valence-electron chi connectivity index (χ0n) is 18.9. The molecule has 0 saturated heterocycles. The maximum absolute atomic E-state index is 13.4. The summed E-state index contributed by atoms with van der Waals surface area (Å²) in [6.07, 6.45) is 2.75. The number of hydrogen-bond donors (Lipinski definition) is 1. The molecular weight excluding hydrogens is 485 g/mol. The van der Waals surface area contributed by atoms with Crippen molar-refractivity contribution in [3.05, 3.63) is 64.1 Å². The van der Waals surface area contributed by atoms with Gasteiger partial charge >= 0.3 is 0 Å². The van der Waals surface area contributed by atoms with Crippen LogP contribution in [0.3, 0.4) is 0 Å². The molecule has 2 aromatic carbocycles. The van der Waals surface area contributed by atoms with E-state index in [1.807, 2.05) is 6.92 Å². The summed E-state index contributed by atoms with van der Waals surface area (Å²) in [7, 11) is -3.77. The van der Waals surface area contributed by atoms with Crippen molar-refractivity contribution in [1.29, 1.82) is 0 Å². The quantitative estimate of drug-likeness (QED) is 0.458. The number of rotatable bonds is 11. The highest BCUT2D eigenvalue weighted by molar-refractivity contribution is 7.92. The lowest BCUT2D eigenvalue weighted by molar-refractivity contribution is -0.139. The first-order valence-corrected chi connectivity index (χ1v) is 13.2. The van der Waals surface area contributed by atoms with Gasteiger partial charge < -0.3 is 10.2 Å². The van der Waals surface area contributed by atoms with Crippen LogP contribution in [-0.2, 0) is 26.2 Å². The average Bonchev–Trinajstić information content (AvgIpc) is 2.76. The fourth-order valence-corrected chi connectivity index (χ4v) is 4.55. The predicted octanol–water partition coefficient (Wildman–Crippen LogP) is 4.09. The van der Waals surface area contributed by atoms with Crippen LogP contribution in [0, 0.1) is 0 Å². The zero-order chi connectivity index (χ0) is 24.6. The molecule has 0 heterocycles. The number of halogens is 2. The highest BCUT2D eigenvalue weighted by Gasteiger charge is 2.30. The Hall–Kier alpha value is -2.29. The first-order valence-electron chi connectivity index (χ1n) is 10.6. The van der Waals surface area contributed by atoms with E-state index in [-0.39, 0.29) is 12.5 Å². The van der Waals surface area contributed by atoms with Crippen LogP contribution in [-0.4, -0.2) is 50.5 Å². The molecule has 0 bridgehead atoms. The Balaban J connectivity index is 2.38. The summed E-state index contributed by atoms with van der Waals surface area (Å²) in [5.74, 6) is -0.899. The summed E-state index contributed by atoms with van der Waals surface area (Å²) in [5.41, 5.74) is 0.831. The van der Waals surface area contributed by atoms with E-state index < -0.39 is 28.5 Å². The Bertz CT molecular complexity index is 1040. The minimum Gasteiger partial charge on any atom is -0.354 e. The second-order valence-corrected chi connectivity index (χ2v) is 10.4. The largest absolute Gasteiger partial charge is 0.354 e. The van der Waals surface area contributed by atoms with Gasteiger partial charge in [-0.15, -0.1) is 0 Å². The third-order valence-electron chi connectivity index (χ3n) is 5.11. The summed E-state index contributed by atoms with van der Waals surface area (Å²) < 4.78 is 25.9. The molecule has 180 valence electrons. The fourth-order valence-electron chi connectivity index (χ4n) is 3.18. The molecule has 0 aliphatic heterocycles. The minimum absolute atomic E-state index is 0.0495. The Morgan fingerprint density at radius 3 is 2.18 bits per heavy atom. The number of sulfonamides is 1. The molecule has 0 spiro atoms. The molecule has 0 fully saturated rings. The lowest BCUT2D eigenvalue weighted by Gasteiger charge is -2.32. The maximum atomic E-state index is 13.4. The van der Waals surface area contributed by atoms with Gasteiger partial charge in [0.2, 0.25) is 21.8 Å². The number of para-hydroxylation sites is 1.